The van der Waals surface area contributed by atoms with Crippen molar-refractivity contribution >= 4 is 52.3 Å². The van der Waals surface area contributed by atoms with Crippen LogP contribution in [0.1, 0.15) is 18.1 Å². The van der Waals surface area contributed by atoms with E-state index in [0.717, 1.165) is 16.5 Å². The van der Waals surface area contributed by atoms with Crippen LogP contribution >= 0.6 is 35.4 Å². The van der Waals surface area contributed by atoms with Crippen LogP contribution in [0.15, 0.2) is 41.2 Å². The van der Waals surface area contributed by atoms with Crippen LogP contribution in [-0.2, 0) is 22.6 Å². The first-order chi connectivity index (χ1) is 13.3. The molecule has 3 aromatic rings. The summed E-state index contributed by atoms with van der Waals surface area (Å²) in [6, 6.07) is 10.9. The average molecular weight is 437 g/mol. The molecule has 28 heavy (non-hydrogen) atoms. The summed E-state index contributed by atoms with van der Waals surface area (Å²) >= 11 is 17.6. The lowest BCUT2D eigenvalue weighted by atomic mass is 10.1. The van der Waals surface area contributed by atoms with Gasteiger partial charge in [-0.25, -0.2) is 4.79 Å². The molecule has 0 aliphatic rings. The summed E-state index contributed by atoms with van der Waals surface area (Å²) in [5, 5.41) is 1.57. The van der Waals surface area contributed by atoms with Crippen LogP contribution in [0.2, 0.25) is 10.0 Å². The van der Waals surface area contributed by atoms with Gasteiger partial charge in [0.25, 0.3) is 0 Å². The van der Waals surface area contributed by atoms with Crippen LogP contribution in [0, 0.1) is 11.6 Å². The second kappa shape index (κ2) is 8.47. The first kappa shape index (κ1) is 20.6. The largest absolute Gasteiger partial charge is 0.465 e. The van der Waals surface area contributed by atoms with Crippen LogP contribution in [0.3, 0.4) is 0 Å². The number of carbonyl (C=O) groups excluding carboxylic acids is 1. The van der Waals surface area contributed by atoms with Crippen molar-refractivity contribution in [2.75, 3.05) is 6.61 Å². The third-order valence-electron chi connectivity index (χ3n) is 4.30. The van der Waals surface area contributed by atoms with Gasteiger partial charge in [-0.3, -0.25) is 13.9 Å². The number of aryl methyl sites for hydroxylation is 1. The molecule has 0 spiro atoms. The standard InChI is InChI=1S/C20H18Cl2N2O3S/c1-3-27-18(25)11-24-19(28)14-8-12(2)4-7-17(14)23(20(24)26)10-13-5-6-15(21)16(22)9-13/h4-9H,3,10-11H2,1-2H3. The van der Waals surface area contributed by atoms with Gasteiger partial charge in [-0.05, 0) is 43.7 Å². The molecule has 0 radical (unpaired) electrons. The van der Waals surface area contributed by atoms with Gasteiger partial charge in [-0.1, -0.05) is 53.1 Å². The fraction of sp³-hybridized carbons (Fsp3) is 0.250. The van der Waals surface area contributed by atoms with E-state index in [1.165, 1.54) is 4.57 Å². The van der Waals surface area contributed by atoms with E-state index in [1.54, 1.807) is 29.7 Å². The zero-order valence-corrected chi connectivity index (χ0v) is 17.7. The maximum Gasteiger partial charge on any atom is 0.330 e. The molecule has 2 aromatic carbocycles. The molecule has 3 rings (SSSR count). The number of carbonyl (C=O) groups is 1. The number of hydrogen-bond donors (Lipinski definition) is 0. The highest BCUT2D eigenvalue weighted by Crippen LogP contribution is 2.24. The second-order valence-corrected chi connectivity index (χ2v) is 7.54. The van der Waals surface area contributed by atoms with Gasteiger partial charge in [-0.2, -0.15) is 0 Å². The van der Waals surface area contributed by atoms with E-state index in [0.29, 0.717) is 20.2 Å². The van der Waals surface area contributed by atoms with Gasteiger partial charge in [0.15, 0.2) is 0 Å². The summed E-state index contributed by atoms with van der Waals surface area (Å²) < 4.78 is 8.14. The minimum Gasteiger partial charge on any atom is -0.465 e. The molecule has 0 N–H and O–H groups in total. The molecule has 1 aromatic heterocycles. The van der Waals surface area contributed by atoms with E-state index in [1.807, 2.05) is 25.1 Å². The monoisotopic (exact) mass is 436 g/mol. The minimum atomic E-state index is -0.510. The molecule has 0 aliphatic carbocycles. The predicted octanol–water partition coefficient (Wildman–Crippen LogP) is 4.76. The molecule has 8 heteroatoms. The smallest absolute Gasteiger partial charge is 0.330 e. The lowest BCUT2D eigenvalue weighted by Gasteiger charge is -2.16. The number of nitrogens with zero attached hydrogens (tertiary/aromatic N) is 2. The third kappa shape index (κ3) is 4.14. The number of aromatic nitrogens is 2. The Morgan fingerprint density at radius 2 is 1.86 bits per heavy atom. The predicted molar refractivity (Wildman–Crippen MR) is 114 cm³/mol. The van der Waals surface area contributed by atoms with Crippen molar-refractivity contribution in [3.63, 3.8) is 0 Å². The number of esters is 1. The Morgan fingerprint density at radius 3 is 2.54 bits per heavy atom. The van der Waals surface area contributed by atoms with Crippen molar-refractivity contribution in [3.8, 4) is 0 Å². The second-order valence-electron chi connectivity index (χ2n) is 6.33. The van der Waals surface area contributed by atoms with Crippen molar-refractivity contribution in [1.29, 1.82) is 0 Å². The first-order valence-corrected chi connectivity index (χ1v) is 9.81. The number of ether oxygens (including phenoxy) is 1. The van der Waals surface area contributed by atoms with Crippen LogP contribution in [0.25, 0.3) is 10.9 Å². The summed E-state index contributed by atoms with van der Waals surface area (Å²) in [5.74, 6) is -0.510. The maximum atomic E-state index is 13.2. The van der Waals surface area contributed by atoms with E-state index in [2.05, 4.69) is 0 Å². The Labute approximate surface area is 177 Å². The van der Waals surface area contributed by atoms with Crippen molar-refractivity contribution in [3.05, 3.63) is 72.7 Å². The van der Waals surface area contributed by atoms with Gasteiger partial charge in [-0.15, -0.1) is 0 Å². The SMILES string of the molecule is CCOC(=O)Cn1c(=S)c2cc(C)ccc2n(Cc2ccc(Cl)c(Cl)c2)c1=O. The Kier molecular flexibility index (Phi) is 6.23. The highest BCUT2D eigenvalue weighted by molar-refractivity contribution is 7.71. The van der Waals surface area contributed by atoms with Crippen LogP contribution in [0.4, 0.5) is 0 Å². The van der Waals surface area contributed by atoms with Crippen molar-refractivity contribution < 1.29 is 9.53 Å². The molecule has 1 heterocycles. The lowest BCUT2D eigenvalue weighted by Crippen LogP contribution is -2.34. The van der Waals surface area contributed by atoms with Gasteiger partial charge in [0.2, 0.25) is 0 Å². The molecule has 0 saturated carbocycles. The van der Waals surface area contributed by atoms with Gasteiger partial charge in [0, 0.05) is 5.39 Å². The zero-order valence-electron chi connectivity index (χ0n) is 15.4. The number of benzene rings is 2. The summed E-state index contributed by atoms with van der Waals surface area (Å²) in [6.07, 6.45) is 0. The minimum absolute atomic E-state index is 0.232. The molecule has 0 aliphatic heterocycles. The molecule has 146 valence electrons. The molecular weight excluding hydrogens is 419 g/mol. The number of halogens is 2. The Hall–Kier alpha value is -2.15. The van der Waals surface area contributed by atoms with Gasteiger partial charge < -0.3 is 4.74 Å². The van der Waals surface area contributed by atoms with Gasteiger partial charge in [0.05, 0.1) is 28.7 Å². The first-order valence-electron chi connectivity index (χ1n) is 8.65. The van der Waals surface area contributed by atoms with Crippen LogP contribution in [0.5, 0.6) is 0 Å². The molecule has 0 saturated heterocycles. The molecule has 0 unspecified atom stereocenters. The molecule has 0 bridgehead atoms. The molecule has 0 atom stereocenters. The Bertz CT molecular complexity index is 1180. The summed E-state index contributed by atoms with van der Waals surface area (Å²) in [6.45, 7) is 3.91. The third-order valence-corrected chi connectivity index (χ3v) is 5.48. The van der Waals surface area contributed by atoms with Gasteiger partial charge in [0.1, 0.15) is 11.2 Å². The summed E-state index contributed by atoms with van der Waals surface area (Å²) in [7, 11) is 0. The lowest BCUT2D eigenvalue weighted by molar-refractivity contribution is -0.143. The molecular formula is C20H18Cl2N2O3S. The van der Waals surface area contributed by atoms with Crippen molar-refractivity contribution in [1.82, 2.24) is 9.13 Å². The molecule has 0 amide bonds. The molecule has 0 fully saturated rings. The van der Waals surface area contributed by atoms with E-state index < -0.39 is 5.97 Å². The highest BCUT2D eigenvalue weighted by Gasteiger charge is 2.15. The Morgan fingerprint density at radius 1 is 1.11 bits per heavy atom. The van der Waals surface area contributed by atoms with Crippen molar-refractivity contribution in [2.24, 2.45) is 0 Å². The van der Waals surface area contributed by atoms with Crippen LogP contribution in [-0.4, -0.2) is 21.7 Å². The van der Waals surface area contributed by atoms with Crippen molar-refractivity contribution in [2.45, 2.75) is 26.9 Å². The van der Waals surface area contributed by atoms with Gasteiger partial charge >= 0.3 is 11.7 Å². The van der Waals surface area contributed by atoms with E-state index in [9.17, 15) is 9.59 Å². The Balaban J connectivity index is 2.22. The average Bonchev–Trinajstić information content (AvgIpc) is 2.65. The quantitative estimate of drug-likeness (QED) is 0.427. The number of fused-ring (bicyclic) bond motifs is 1. The maximum absolute atomic E-state index is 13.2. The van der Waals surface area contributed by atoms with Crippen LogP contribution < -0.4 is 5.69 Å². The normalized spacial score (nSPS) is 11.0. The highest BCUT2D eigenvalue weighted by atomic mass is 35.5. The van der Waals surface area contributed by atoms with E-state index >= 15 is 0 Å². The number of hydrogen-bond acceptors (Lipinski definition) is 4. The van der Waals surface area contributed by atoms with E-state index in [4.69, 9.17) is 40.2 Å². The fourth-order valence-corrected chi connectivity index (χ4v) is 3.61. The molecule has 5 nitrogen and oxygen atoms in total. The van der Waals surface area contributed by atoms with E-state index in [-0.39, 0.29) is 25.4 Å². The summed E-state index contributed by atoms with van der Waals surface area (Å²) in [5.41, 5.74) is 2.10. The summed E-state index contributed by atoms with van der Waals surface area (Å²) in [4.78, 5) is 25.2. The zero-order chi connectivity index (χ0) is 20.4. The fourth-order valence-electron chi connectivity index (χ4n) is 2.99. The number of rotatable bonds is 5. The topological polar surface area (TPSA) is 53.2 Å².